The summed E-state index contributed by atoms with van der Waals surface area (Å²) >= 11 is 0. The van der Waals surface area contributed by atoms with E-state index in [4.69, 9.17) is 9.47 Å². The van der Waals surface area contributed by atoms with Crippen molar-refractivity contribution in [3.8, 4) is 11.5 Å². The minimum atomic E-state index is -0.376. The molecule has 0 radical (unpaired) electrons. The molecule has 3 unspecified atom stereocenters. The van der Waals surface area contributed by atoms with Gasteiger partial charge in [0.25, 0.3) is 0 Å². The van der Waals surface area contributed by atoms with Crippen LogP contribution < -0.4 is 14.8 Å². The Morgan fingerprint density at radius 2 is 1.62 bits per heavy atom. The third kappa shape index (κ3) is 4.46. The Bertz CT molecular complexity index is 1410. The van der Waals surface area contributed by atoms with Gasteiger partial charge in [-0.3, -0.25) is 4.79 Å². The monoisotopic (exact) mass is 491 g/mol. The Labute approximate surface area is 218 Å². The molecule has 0 aromatic heterocycles. The third-order valence-electron chi connectivity index (χ3n) is 7.80. The summed E-state index contributed by atoms with van der Waals surface area (Å²) in [5.74, 6) is 0.875. The second-order valence-electron chi connectivity index (χ2n) is 10.2. The zero-order valence-electron chi connectivity index (χ0n) is 21.3. The number of carbonyl (C=O) groups is 1. The van der Waals surface area contributed by atoms with Gasteiger partial charge in [0, 0.05) is 17.2 Å². The van der Waals surface area contributed by atoms with Gasteiger partial charge in [0.2, 0.25) is 0 Å². The minimum Gasteiger partial charge on any atom is -0.494 e. The Morgan fingerprint density at radius 3 is 2.49 bits per heavy atom. The highest BCUT2D eigenvalue weighted by Crippen LogP contribution is 2.54. The number of anilines is 1. The molecule has 4 aromatic rings. The van der Waals surface area contributed by atoms with Gasteiger partial charge in [-0.15, -0.1) is 0 Å². The van der Waals surface area contributed by atoms with Crippen LogP contribution in [0.4, 0.5) is 5.69 Å². The molecule has 37 heavy (non-hydrogen) atoms. The van der Waals surface area contributed by atoms with Gasteiger partial charge in [-0.05, 0) is 52.6 Å². The number of hydrogen-bond donors (Lipinski definition) is 1. The highest BCUT2D eigenvalue weighted by atomic mass is 16.5. The summed E-state index contributed by atoms with van der Waals surface area (Å²) < 4.78 is 11.9. The van der Waals surface area contributed by atoms with E-state index in [0.29, 0.717) is 5.75 Å². The fourth-order valence-electron chi connectivity index (χ4n) is 5.97. The van der Waals surface area contributed by atoms with Crippen molar-refractivity contribution in [3.05, 3.63) is 102 Å². The van der Waals surface area contributed by atoms with Crippen LogP contribution in [0.5, 0.6) is 11.5 Å². The molecule has 3 atom stereocenters. The maximum Gasteiger partial charge on any atom is 0.317 e. The highest BCUT2D eigenvalue weighted by Gasteiger charge is 2.48. The molecule has 0 bridgehead atoms. The van der Waals surface area contributed by atoms with E-state index < -0.39 is 0 Å². The standard InChI is InChI=1S/C33H33NO3/c1-2-3-4-5-10-21-36-24-18-15-23(16-19-24)32-31-30(26-13-8-9-14-28(26)37-33(31)35)29-25-12-7-6-11-22(25)17-20-27(29)34-32/h6-9,11-20,30-32,34H,2-5,10,21H2,1H3. The normalized spacial score (nSPS) is 19.8. The van der Waals surface area contributed by atoms with Gasteiger partial charge in [-0.1, -0.05) is 93.3 Å². The number of rotatable bonds is 8. The van der Waals surface area contributed by atoms with Crippen LogP contribution in [-0.2, 0) is 4.79 Å². The van der Waals surface area contributed by atoms with Gasteiger partial charge < -0.3 is 14.8 Å². The van der Waals surface area contributed by atoms with Crippen molar-refractivity contribution in [2.75, 3.05) is 11.9 Å². The molecule has 0 amide bonds. The molecule has 4 heteroatoms. The molecule has 188 valence electrons. The quantitative estimate of drug-likeness (QED) is 0.154. The van der Waals surface area contributed by atoms with E-state index in [0.717, 1.165) is 35.6 Å². The van der Waals surface area contributed by atoms with Crippen molar-refractivity contribution >= 4 is 22.4 Å². The Kier molecular flexibility index (Phi) is 6.57. The molecule has 6 rings (SSSR count). The van der Waals surface area contributed by atoms with E-state index in [9.17, 15) is 4.79 Å². The lowest BCUT2D eigenvalue weighted by atomic mass is 9.69. The third-order valence-corrected chi connectivity index (χ3v) is 7.80. The van der Waals surface area contributed by atoms with Crippen LogP contribution >= 0.6 is 0 Å². The molecule has 0 aliphatic carbocycles. The van der Waals surface area contributed by atoms with E-state index in [-0.39, 0.29) is 23.8 Å². The topological polar surface area (TPSA) is 47.6 Å². The second-order valence-corrected chi connectivity index (χ2v) is 10.2. The number of benzene rings is 4. The van der Waals surface area contributed by atoms with Crippen LogP contribution in [0.2, 0.25) is 0 Å². The van der Waals surface area contributed by atoms with Crippen LogP contribution in [0.25, 0.3) is 10.8 Å². The van der Waals surface area contributed by atoms with Crippen molar-refractivity contribution in [2.45, 2.75) is 51.0 Å². The minimum absolute atomic E-state index is 0.0937. The SMILES string of the molecule is CCCCCCCOc1ccc(C2Nc3ccc4ccccc4c3C3c4ccccc4OC(=O)C23)cc1. The van der Waals surface area contributed by atoms with Crippen molar-refractivity contribution in [1.29, 1.82) is 0 Å². The number of carbonyl (C=O) groups excluding carboxylic acids is 1. The molecule has 0 fully saturated rings. The fraction of sp³-hybridized carbons (Fsp3) is 0.303. The molecule has 2 heterocycles. The summed E-state index contributed by atoms with van der Waals surface area (Å²) in [6.07, 6.45) is 6.09. The van der Waals surface area contributed by atoms with Crippen molar-refractivity contribution < 1.29 is 14.3 Å². The lowest BCUT2D eigenvalue weighted by molar-refractivity contribution is -0.141. The van der Waals surface area contributed by atoms with Gasteiger partial charge in [-0.2, -0.15) is 0 Å². The summed E-state index contributed by atoms with van der Waals surface area (Å²) in [5.41, 5.74) is 4.37. The van der Waals surface area contributed by atoms with Crippen molar-refractivity contribution in [3.63, 3.8) is 0 Å². The maximum absolute atomic E-state index is 13.6. The largest absolute Gasteiger partial charge is 0.494 e. The summed E-state index contributed by atoms with van der Waals surface area (Å²) in [6.45, 7) is 2.97. The lowest BCUT2D eigenvalue weighted by Crippen LogP contribution is -2.42. The number of fused-ring (bicyclic) bond motifs is 7. The van der Waals surface area contributed by atoms with E-state index in [1.807, 2.05) is 30.3 Å². The number of esters is 1. The molecule has 2 aliphatic heterocycles. The van der Waals surface area contributed by atoms with Gasteiger partial charge in [0.05, 0.1) is 18.6 Å². The van der Waals surface area contributed by atoms with Gasteiger partial charge in [0.15, 0.2) is 0 Å². The second kappa shape index (κ2) is 10.3. The first kappa shape index (κ1) is 23.6. The first-order chi connectivity index (χ1) is 18.2. The lowest BCUT2D eigenvalue weighted by Gasteiger charge is -2.43. The van der Waals surface area contributed by atoms with Gasteiger partial charge in [0.1, 0.15) is 11.5 Å². The van der Waals surface area contributed by atoms with Crippen LogP contribution in [0.15, 0.2) is 84.9 Å². The first-order valence-corrected chi connectivity index (χ1v) is 13.6. The van der Waals surface area contributed by atoms with E-state index in [1.54, 1.807) is 0 Å². The van der Waals surface area contributed by atoms with Crippen LogP contribution in [0.3, 0.4) is 0 Å². The van der Waals surface area contributed by atoms with Crippen LogP contribution in [-0.4, -0.2) is 12.6 Å². The summed E-state index contributed by atoms with van der Waals surface area (Å²) in [6, 6.07) is 28.7. The summed E-state index contributed by atoms with van der Waals surface area (Å²) in [5, 5.41) is 6.06. The van der Waals surface area contributed by atoms with E-state index >= 15 is 0 Å². The summed E-state index contributed by atoms with van der Waals surface area (Å²) in [7, 11) is 0. The van der Waals surface area contributed by atoms with Crippen LogP contribution in [0.1, 0.15) is 67.7 Å². The molecular formula is C33H33NO3. The molecule has 0 saturated heterocycles. The maximum atomic E-state index is 13.6. The van der Waals surface area contributed by atoms with Crippen LogP contribution in [0, 0.1) is 5.92 Å². The van der Waals surface area contributed by atoms with Crippen molar-refractivity contribution in [2.24, 2.45) is 5.92 Å². The zero-order valence-corrected chi connectivity index (χ0v) is 21.3. The van der Waals surface area contributed by atoms with Gasteiger partial charge in [-0.25, -0.2) is 0 Å². The number of unbranched alkanes of at least 4 members (excludes halogenated alkanes) is 4. The molecular weight excluding hydrogens is 458 g/mol. The molecule has 4 aromatic carbocycles. The Morgan fingerprint density at radius 1 is 0.838 bits per heavy atom. The Balaban J connectivity index is 1.34. The Hall–Kier alpha value is -3.79. The average molecular weight is 492 g/mol. The number of ether oxygens (including phenoxy) is 2. The van der Waals surface area contributed by atoms with E-state index in [1.165, 1.54) is 42.0 Å². The fourth-order valence-corrected chi connectivity index (χ4v) is 5.97. The van der Waals surface area contributed by atoms with Gasteiger partial charge >= 0.3 is 5.97 Å². The number of hydrogen-bond acceptors (Lipinski definition) is 4. The van der Waals surface area contributed by atoms with E-state index in [2.05, 4.69) is 66.8 Å². The molecule has 0 saturated carbocycles. The number of para-hydroxylation sites is 1. The predicted octanol–water partition coefficient (Wildman–Crippen LogP) is 8.02. The molecule has 0 spiro atoms. The first-order valence-electron chi connectivity index (χ1n) is 13.6. The summed E-state index contributed by atoms with van der Waals surface area (Å²) in [4.78, 5) is 13.6. The van der Waals surface area contributed by atoms with Crippen molar-refractivity contribution in [1.82, 2.24) is 0 Å². The number of nitrogens with one attached hydrogen (secondary N) is 1. The average Bonchev–Trinajstić information content (AvgIpc) is 2.94. The molecule has 4 nitrogen and oxygen atoms in total. The smallest absolute Gasteiger partial charge is 0.317 e. The molecule has 2 aliphatic rings. The zero-order chi connectivity index (χ0) is 25.2. The highest BCUT2D eigenvalue weighted by molar-refractivity contribution is 5.95. The molecule has 1 N–H and O–H groups in total. The predicted molar refractivity (Wildman–Crippen MR) is 148 cm³/mol.